The molecule has 8 heteroatoms. The molecule has 6 N–H and O–H groups in total. The molecule has 0 aliphatic carbocycles. The fraction of sp³-hybridized carbons (Fsp3) is 0.400. The topological polar surface area (TPSA) is 148 Å². The van der Waals surface area contributed by atoms with Crippen LogP contribution in [0.2, 0.25) is 0 Å². The number of aliphatic hydroxyl groups excluding tert-OH is 4. The molecule has 1 aliphatic heterocycles. The Hall–Kier alpha value is -3.23. The number of hydrogen-bond acceptors (Lipinski definition) is 8. The van der Waals surface area contributed by atoms with Gasteiger partial charge in [-0.2, -0.15) is 0 Å². The fourth-order valence-corrected chi connectivity index (χ4v) is 3.62. The molecule has 0 spiro atoms. The van der Waals surface area contributed by atoms with E-state index in [0.29, 0.717) is 11.5 Å². The number of rotatable bonds is 4. The van der Waals surface area contributed by atoms with E-state index in [0.717, 1.165) is 22.3 Å². The van der Waals surface area contributed by atoms with Crippen LogP contribution >= 0.6 is 0 Å². The van der Waals surface area contributed by atoms with Crippen LogP contribution in [-0.2, 0) is 14.9 Å². The Morgan fingerprint density at radius 1 is 0.848 bits per heavy atom. The zero-order valence-electron chi connectivity index (χ0n) is 19.7. The van der Waals surface area contributed by atoms with E-state index in [1.54, 1.807) is 0 Å². The molecule has 0 radical (unpaired) electrons. The molecule has 2 atom stereocenters. The number of phenolic OH excluding ortho intramolecular Hbond substituents is 2. The number of carbonyl (C=O) groups excluding carboxylic acids is 1. The zero-order valence-corrected chi connectivity index (χ0v) is 19.7. The summed E-state index contributed by atoms with van der Waals surface area (Å²) in [4.78, 5) is 10.5. The summed E-state index contributed by atoms with van der Waals surface area (Å²) in [7, 11) is 0. The van der Waals surface area contributed by atoms with E-state index in [9.17, 15) is 15.0 Å². The fourth-order valence-electron chi connectivity index (χ4n) is 3.62. The van der Waals surface area contributed by atoms with Crippen LogP contribution in [0.4, 0.5) is 0 Å². The first-order valence-corrected chi connectivity index (χ1v) is 10.5. The standard InChI is InChI=1S/C19H24O2.C6H8O6/c1-11-7-15(8-12(2)17(11)20)19(5,6)16-9-13(3)18(21)14(4)10-16;7-1-2(8)5-3(9)4(10)6(11)12-5/h7-10,20-21H,1-6H3;2,5,7-10H,1H2. The average Bonchev–Trinajstić information content (AvgIpc) is 3.02. The number of ether oxygens (including phenoxy) is 1. The third-order valence-corrected chi connectivity index (χ3v) is 5.90. The van der Waals surface area contributed by atoms with Gasteiger partial charge in [-0.3, -0.25) is 0 Å². The molecule has 3 rings (SSSR count). The third-order valence-electron chi connectivity index (χ3n) is 5.90. The number of cyclic esters (lactones) is 1. The molecule has 2 unspecified atom stereocenters. The number of phenols is 2. The molecule has 2 aromatic carbocycles. The van der Waals surface area contributed by atoms with Gasteiger partial charge in [0.15, 0.2) is 11.9 Å². The van der Waals surface area contributed by atoms with E-state index >= 15 is 0 Å². The van der Waals surface area contributed by atoms with Crippen LogP contribution < -0.4 is 0 Å². The Morgan fingerprint density at radius 3 is 1.48 bits per heavy atom. The first-order valence-electron chi connectivity index (χ1n) is 10.5. The number of esters is 1. The third kappa shape index (κ3) is 5.23. The number of aliphatic hydroxyl groups is 4. The Balaban J connectivity index is 0.000000273. The average molecular weight is 461 g/mol. The van der Waals surface area contributed by atoms with E-state index in [1.165, 1.54) is 11.1 Å². The molecule has 2 aromatic rings. The first kappa shape index (κ1) is 26.0. The van der Waals surface area contributed by atoms with Gasteiger partial charge in [0.2, 0.25) is 5.76 Å². The minimum absolute atomic E-state index is 0.188. The van der Waals surface area contributed by atoms with Crippen molar-refractivity contribution in [1.82, 2.24) is 0 Å². The highest BCUT2D eigenvalue weighted by Gasteiger charge is 2.38. The van der Waals surface area contributed by atoms with Crippen molar-refractivity contribution in [1.29, 1.82) is 0 Å². The molecule has 1 aliphatic rings. The summed E-state index contributed by atoms with van der Waals surface area (Å²) in [5.41, 5.74) is 5.72. The minimum atomic E-state index is -1.42. The molecule has 0 aromatic heterocycles. The van der Waals surface area contributed by atoms with Gasteiger partial charge in [-0.1, -0.05) is 38.1 Å². The summed E-state index contributed by atoms with van der Waals surface area (Å²) in [5, 5.41) is 55.0. The highest BCUT2D eigenvalue weighted by Crippen LogP contribution is 2.37. The van der Waals surface area contributed by atoms with E-state index < -0.39 is 36.3 Å². The summed E-state index contributed by atoms with van der Waals surface area (Å²) >= 11 is 0. The second-order valence-corrected chi connectivity index (χ2v) is 8.85. The lowest BCUT2D eigenvalue weighted by molar-refractivity contribution is -0.147. The Kier molecular flexibility index (Phi) is 7.67. The van der Waals surface area contributed by atoms with E-state index in [-0.39, 0.29) is 5.41 Å². The van der Waals surface area contributed by atoms with Crippen molar-refractivity contribution >= 4 is 5.97 Å². The minimum Gasteiger partial charge on any atom is -0.507 e. The second kappa shape index (κ2) is 9.72. The quantitative estimate of drug-likeness (QED) is 0.381. The number of aromatic hydroxyl groups is 2. The predicted molar refractivity (Wildman–Crippen MR) is 123 cm³/mol. The molecule has 1 heterocycles. The smallest absolute Gasteiger partial charge is 0.377 e. The number of hydrogen-bond donors (Lipinski definition) is 6. The molecule has 0 saturated carbocycles. The van der Waals surface area contributed by atoms with Gasteiger partial charge in [-0.15, -0.1) is 0 Å². The molecule has 0 fully saturated rings. The summed E-state index contributed by atoms with van der Waals surface area (Å²) in [6.07, 6.45) is -2.78. The van der Waals surface area contributed by atoms with Gasteiger partial charge in [0, 0.05) is 5.41 Å². The summed E-state index contributed by atoms with van der Waals surface area (Å²) in [6, 6.07) is 8.17. The Bertz CT molecular complexity index is 978. The maximum Gasteiger partial charge on any atom is 0.377 e. The summed E-state index contributed by atoms with van der Waals surface area (Å²) < 4.78 is 4.32. The molecule has 8 nitrogen and oxygen atoms in total. The van der Waals surface area contributed by atoms with Crippen LogP contribution in [0.15, 0.2) is 35.8 Å². The molecule has 0 amide bonds. The van der Waals surface area contributed by atoms with E-state index in [1.807, 2.05) is 52.0 Å². The van der Waals surface area contributed by atoms with Crippen molar-refractivity contribution in [3.8, 4) is 11.5 Å². The Morgan fingerprint density at radius 2 is 1.21 bits per heavy atom. The Labute approximate surface area is 193 Å². The van der Waals surface area contributed by atoms with E-state index in [4.69, 9.17) is 20.4 Å². The molecule has 33 heavy (non-hydrogen) atoms. The van der Waals surface area contributed by atoms with Gasteiger partial charge in [-0.05, 0) is 61.1 Å². The summed E-state index contributed by atoms with van der Waals surface area (Å²) in [5.74, 6) is -2.04. The van der Waals surface area contributed by atoms with Gasteiger partial charge in [0.05, 0.1) is 6.61 Å². The lowest BCUT2D eigenvalue weighted by Crippen LogP contribution is -2.31. The number of benzene rings is 2. The highest BCUT2D eigenvalue weighted by atomic mass is 16.6. The van der Waals surface area contributed by atoms with Gasteiger partial charge < -0.3 is 35.4 Å². The maximum absolute atomic E-state index is 10.5. The normalized spacial score (nSPS) is 16.8. The van der Waals surface area contributed by atoms with Crippen LogP contribution in [0, 0.1) is 27.7 Å². The lowest BCUT2D eigenvalue weighted by atomic mass is 9.76. The van der Waals surface area contributed by atoms with Crippen molar-refractivity contribution in [2.75, 3.05) is 6.61 Å². The highest BCUT2D eigenvalue weighted by molar-refractivity contribution is 5.89. The SMILES string of the molecule is Cc1cc(C(C)(C)c2cc(C)c(O)c(C)c2)cc(C)c1O.O=C1OC(C(O)CO)C(O)=C1O. The molecule has 0 saturated heterocycles. The lowest BCUT2D eigenvalue weighted by Gasteiger charge is -2.28. The van der Waals surface area contributed by atoms with Gasteiger partial charge in [0.25, 0.3) is 0 Å². The van der Waals surface area contributed by atoms with Crippen LogP contribution in [0.1, 0.15) is 47.2 Å². The summed E-state index contributed by atoms with van der Waals surface area (Å²) in [6.45, 7) is 11.4. The van der Waals surface area contributed by atoms with Gasteiger partial charge in [-0.25, -0.2) is 4.79 Å². The molecule has 0 bridgehead atoms. The molecular weight excluding hydrogens is 428 g/mol. The first-order chi connectivity index (χ1) is 15.2. The van der Waals surface area contributed by atoms with E-state index in [2.05, 4.69) is 18.6 Å². The van der Waals surface area contributed by atoms with Gasteiger partial charge in [0.1, 0.15) is 17.6 Å². The van der Waals surface area contributed by atoms with Crippen LogP contribution in [0.25, 0.3) is 0 Å². The molecule has 180 valence electrons. The van der Waals surface area contributed by atoms with Crippen LogP contribution in [0.3, 0.4) is 0 Å². The number of aryl methyl sites for hydroxylation is 4. The second-order valence-electron chi connectivity index (χ2n) is 8.85. The number of carbonyl (C=O) groups is 1. The van der Waals surface area contributed by atoms with Crippen molar-refractivity contribution < 1.29 is 40.2 Å². The molecular formula is C25H32O8. The zero-order chi connectivity index (χ0) is 25.2. The van der Waals surface area contributed by atoms with Crippen molar-refractivity contribution in [2.24, 2.45) is 0 Å². The van der Waals surface area contributed by atoms with Gasteiger partial charge >= 0.3 is 5.97 Å². The van der Waals surface area contributed by atoms with Crippen molar-refractivity contribution in [2.45, 2.75) is 59.2 Å². The van der Waals surface area contributed by atoms with Crippen LogP contribution in [-0.4, -0.2) is 55.4 Å². The largest absolute Gasteiger partial charge is 0.507 e. The van der Waals surface area contributed by atoms with Crippen molar-refractivity contribution in [3.05, 3.63) is 69.2 Å². The van der Waals surface area contributed by atoms with Crippen molar-refractivity contribution in [3.63, 3.8) is 0 Å². The monoisotopic (exact) mass is 460 g/mol. The van der Waals surface area contributed by atoms with Crippen LogP contribution in [0.5, 0.6) is 11.5 Å². The maximum atomic E-state index is 10.5. The predicted octanol–water partition coefficient (Wildman–Crippen LogP) is 3.25.